The number of rotatable bonds is 1. The molecule has 1 atom stereocenters. The number of hydrogen-bond acceptors (Lipinski definition) is 2. The molecule has 2 nitrogen and oxygen atoms in total. The van der Waals surface area contributed by atoms with E-state index in [4.69, 9.17) is 0 Å². The smallest absolute Gasteiger partial charge is 0.0307 e. The second-order valence-corrected chi connectivity index (χ2v) is 4.90. The fourth-order valence-electron chi connectivity index (χ4n) is 1.88. The average molecular weight is 168 g/mol. The lowest BCUT2D eigenvalue weighted by Crippen LogP contribution is -2.39. The van der Waals surface area contributed by atoms with Crippen molar-refractivity contribution >= 4 is 0 Å². The van der Waals surface area contributed by atoms with E-state index in [1.54, 1.807) is 0 Å². The quantitative estimate of drug-likeness (QED) is 0.613. The third-order valence-electron chi connectivity index (χ3n) is 3.61. The monoisotopic (exact) mass is 168 g/mol. The van der Waals surface area contributed by atoms with Gasteiger partial charge in [0.25, 0.3) is 0 Å². The minimum atomic E-state index is 0.478. The molecule has 0 aromatic heterocycles. The van der Waals surface area contributed by atoms with Crippen LogP contribution in [0.4, 0.5) is 0 Å². The van der Waals surface area contributed by atoms with Crippen LogP contribution in [0, 0.1) is 5.41 Å². The summed E-state index contributed by atoms with van der Waals surface area (Å²) in [4.78, 5) is 0. The molecule has 2 N–H and O–H groups in total. The molecular formula is C10H20N2. The van der Waals surface area contributed by atoms with E-state index >= 15 is 0 Å². The zero-order chi connectivity index (χ0) is 8.66. The van der Waals surface area contributed by atoms with Gasteiger partial charge < -0.3 is 10.6 Å². The predicted octanol–water partition coefficient (Wildman–Crippen LogP) is 1.13. The van der Waals surface area contributed by atoms with Crippen molar-refractivity contribution in [3.63, 3.8) is 0 Å². The molecule has 2 fully saturated rings. The van der Waals surface area contributed by atoms with Gasteiger partial charge in [-0.05, 0) is 24.7 Å². The molecule has 1 aliphatic heterocycles. The maximum atomic E-state index is 3.71. The van der Waals surface area contributed by atoms with Crippen molar-refractivity contribution in [3.8, 4) is 0 Å². The highest BCUT2D eigenvalue weighted by molar-refractivity contribution is 5.06. The molecule has 1 saturated carbocycles. The fraction of sp³-hybridized carbons (Fsp3) is 1.00. The third-order valence-corrected chi connectivity index (χ3v) is 3.61. The van der Waals surface area contributed by atoms with Crippen molar-refractivity contribution in [2.45, 2.75) is 38.6 Å². The second kappa shape index (κ2) is 2.71. The second-order valence-electron chi connectivity index (χ2n) is 4.90. The van der Waals surface area contributed by atoms with Gasteiger partial charge in [0.05, 0.1) is 0 Å². The minimum Gasteiger partial charge on any atom is -0.314 e. The van der Waals surface area contributed by atoms with E-state index < -0.39 is 0 Å². The lowest BCUT2D eigenvalue weighted by molar-refractivity contribution is 0.299. The first-order valence-electron chi connectivity index (χ1n) is 5.14. The van der Waals surface area contributed by atoms with E-state index in [0.717, 1.165) is 0 Å². The predicted molar refractivity (Wildman–Crippen MR) is 51.2 cm³/mol. The Kier molecular flexibility index (Phi) is 1.92. The van der Waals surface area contributed by atoms with Gasteiger partial charge in [-0.25, -0.2) is 0 Å². The minimum absolute atomic E-state index is 0.478. The molecule has 2 rings (SSSR count). The third kappa shape index (κ3) is 1.50. The molecule has 1 heterocycles. The Morgan fingerprint density at radius 2 is 1.92 bits per heavy atom. The van der Waals surface area contributed by atoms with E-state index in [-0.39, 0.29) is 0 Å². The first-order valence-corrected chi connectivity index (χ1v) is 5.14. The molecule has 0 bridgehead atoms. The topological polar surface area (TPSA) is 24.1 Å². The summed E-state index contributed by atoms with van der Waals surface area (Å²) in [5, 5.41) is 7.29. The summed E-state index contributed by atoms with van der Waals surface area (Å²) in [6.45, 7) is 8.21. The molecule has 0 radical (unpaired) electrons. The van der Waals surface area contributed by atoms with Gasteiger partial charge in [0.15, 0.2) is 0 Å². The van der Waals surface area contributed by atoms with Crippen molar-refractivity contribution in [2.75, 3.05) is 19.6 Å². The van der Waals surface area contributed by atoms with Gasteiger partial charge in [0.2, 0.25) is 0 Å². The summed E-state index contributed by atoms with van der Waals surface area (Å²) >= 11 is 0. The van der Waals surface area contributed by atoms with Gasteiger partial charge in [-0.15, -0.1) is 0 Å². The molecule has 1 saturated heterocycles. The Bertz CT molecular complexity index is 175. The van der Waals surface area contributed by atoms with Gasteiger partial charge in [-0.2, -0.15) is 0 Å². The highest BCUT2D eigenvalue weighted by atomic mass is 15.1. The summed E-state index contributed by atoms with van der Waals surface area (Å²) in [5.74, 6) is 0. The van der Waals surface area contributed by atoms with Crippen LogP contribution in [0.2, 0.25) is 0 Å². The summed E-state index contributed by atoms with van der Waals surface area (Å²) < 4.78 is 0. The van der Waals surface area contributed by atoms with Gasteiger partial charge >= 0.3 is 0 Å². The first kappa shape index (κ1) is 8.52. The van der Waals surface area contributed by atoms with Crippen LogP contribution in [0.25, 0.3) is 0 Å². The average Bonchev–Trinajstić information content (AvgIpc) is 2.84. The summed E-state index contributed by atoms with van der Waals surface area (Å²) in [5.41, 5.74) is 0.985. The van der Waals surface area contributed by atoms with Crippen molar-refractivity contribution in [1.29, 1.82) is 0 Å². The van der Waals surface area contributed by atoms with Crippen LogP contribution < -0.4 is 10.6 Å². The first-order chi connectivity index (χ1) is 5.68. The van der Waals surface area contributed by atoms with Crippen LogP contribution in [0.1, 0.15) is 33.1 Å². The SMILES string of the molecule is CCC1(C)CNCC2(CC2)NC1. The van der Waals surface area contributed by atoms with Gasteiger partial charge in [0, 0.05) is 25.2 Å². The molecule has 0 aromatic rings. The molecule has 12 heavy (non-hydrogen) atoms. The Morgan fingerprint density at radius 3 is 2.50 bits per heavy atom. The number of nitrogens with one attached hydrogen (secondary N) is 2. The van der Waals surface area contributed by atoms with Crippen LogP contribution in [-0.2, 0) is 0 Å². The van der Waals surface area contributed by atoms with Crippen LogP contribution in [0.15, 0.2) is 0 Å². The zero-order valence-electron chi connectivity index (χ0n) is 8.24. The maximum absolute atomic E-state index is 3.71. The molecule has 2 aliphatic rings. The molecule has 70 valence electrons. The van der Waals surface area contributed by atoms with Gasteiger partial charge in [-0.1, -0.05) is 13.8 Å². The molecule has 0 amide bonds. The largest absolute Gasteiger partial charge is 0.314 e. The van der Waals surface area contributed by atoms with Crippen LogP contribution >= 0.6 is 0 Å². The zero-order valence-corrected chi connectivity index (χ0v) is 8.24. The summed E-state index contributed by atoms with van der Waals surface area (Å²) in [7, 11) is 0. The van der Waals surface area contributed by atoms with Crippen molar-refractivity contribution in [1.82, 2.24) is 10.6 Å². The Morgan fingerprint density at radius 1 is 1.17 bits per heavy atom. The number of hydrogen-bond donors (Lipinski definition) is 2. The van der Waals surface area contributed by atoms with E-state index in [2.05, 4.69) is 24.5 Å². The normalized spacial score (nSPS) is 39.5. The Hall–Kier alpha value is -0.0800. The van der Waals surface area contributed by atoms with Crippen molar-refractivity contribution < 1.29 is 0 Å². The molecule has 1 spiro atoms. The van der Waals surface area contributed by atoms with Crippen molar-refractivity contribution in [3.05, 3.63) is 0 Å². The van der Waals surface area contributed by atoms with Crippen LogP contribution in [0.3, 0.4) is 0 Å². The van der Waals surface area contributed by atoms with Gasteiger partial charge in [-0.3, -0.25) is 0 Å². The van der Waals surface area contributed by atoms with Crippen LogP contribution in [-0.4, -0.2) is 25.2 Å². The van der Waals surface area contributed by atoms with Crippen LogP contribution in [0.5, 0.6) is 0 Å². The van der Waals surface area contributed by atoms with Crippen molar-refractivity contribution in [2.24, 2.45) is 5.41 Å². The molecule has 2 heteroatoms. The standard InChI is InChI=1S/C10H20N2/c1-3-9(2)6-11-8-10(4-5-10)12-7-9/h11-12H,3-8H2,1-2H3. The Labute approximate surface area is 75.1 Å². The maximum Gasteiger partial charge on any atom is 0.0307 e. The highest BCUT2D eigenvalue weighted by Crippen LogP contribution is 2.37. The van der Waals surface area contributed by atoms with E-state index in [0.29, 0.717) is 11.0 Å². The highest BCUT2D eigenvalue weighted by Gasteiger charge is 2.44. The Balaban J connectivity index is 1.97. The summed E-state index contributed by atoms with van der Waals surface area (Å²) in [6.07, 6.45) is 4.02. The molecule has 1 aliphatic carbocycles. The van der Waals surface area contributed by atoms with E-state index in [9.17, 15) is 0 Å². The summed E-state index contributed by atoms with van der Waals surface area (Å²) in [6, 6.07) is 0. The van der Waals surface area contributed by atoms with E-state index in [1.807, 2.05) is 0 Å². The lowest BCUT2D eigenvalue weighted by atomic mass is 9.88. The lowest BCUT2D eigenvalue weighted by Gasteiger charge is -2.26. The van der Waals surface area contributed by atoms with E-state index in [1.165, 1.54) is 38.9 Å². The molecular weight excluding hydrogens is 148 g/mol. The van der Waals surface area contributed by atoms with Gasteiger partial charge in [0.1, 0.15) is 0 Å². The fourth-order valence-corrected chi connectivity index (χ4v) is 1.88. The molecule has 0 aromatic carbocycles. The molecule has 1 unspecified atom stereocenters.